The molecule has 1 saturated carbocycles. The summed E-state index contributed by atoms with van der Waals surface area (Å²) >= 11 is 12.0. The lowest BCUT2D eigenvalue weighted by Crippen LogP contribution is -2.36. The second-order valence-electron chi connectivity index (χ2n) is 6.28. The molecule has 0 spiro atoms. The number of alkyl halides is 2. The van der Waals surface area contributed by atoms with Gasteiger partial charge in [0, 0.05) is 19.6 Å². The highest BCUT2D eigenvalue weighted by molar-refractivity contribution is 6.53. The largest absolute Gasteiger partial charge is 0.378 e. The van der Waals surface area contributed by atoms with E-state index in [0.29, 0.717) is 44.0 Å². The first-order chi connectivity index (χ1) is 10.8. The normalized spacial score (nSPS) is 26.0. The van der Waals surface area contributed by atoms with Crippen LogP contribution in [-0.2, 0) is 16.1 Å². The summed E-state index contributed by atoms with van der Waals surface area (Å²) in [5.74, 6) is -0.500. The molecule has 126 valence electrons. The molecular weight excluding hydrogens is 342 g/mol. The average molecular weight is 361 g/mol. The number of morpholine rings is 1. The third kappa shape index (κ3) is 3.28. The van der Waals surface area contributed by atoms with Crippen molar-refractivity contribution in [3.63, 3.8) is 0 Å². The van der Waals surface area contributed by atoms with Crippen LogP contribution < -0.4 is 10.2 Å². The molecule has 1 N–H and O–H groups in total. The zero-order valence-electron chi connectivity index (χ0n) is 12.9. The van der Waals surface area contributed by atoms with Gasteiger partial charge in [0.15, 0.2) is 0 Å². The van der Waals surface area contributed by atoms with Crippen molar-refractivity contribution >= 4 is 34.8 Å². The smallest absolute Gasteiger partial charge is 0.229 e. The molecular formula is C16H19Cl2FN2O2. The van der Waals surface area contributed by atoms with Gasteiger partial charge in [0.2, 0.25) is 5.91 Å². The molecule has 2 fully saturated rings. The van der Waals surface area contributed by atoms with Crippen LogP contribution in [0.15, 0.2) is 18.2 Å². The van der Waals surface area contributed by atoms with Crippen molar-refractivity contribution in [2.75, 3.05) is 31.2 Å². The van der Waals surface area contributed by atoms with Crippen LogP contribution >= 0.6 is 23.2 Å². The minimum Gasteiger partial charge on any atom is -0.378 e. The van der Waals surface area contributed by atoms with Crippen molar-refractivity contribution in [1.82, 2.24) is 5.32 Å². The van der Waals surface area contributed by atoms with E-state index in [-0.39, 0.29) is 18.3 Å². The van der Waals surface area contributed by atoms with Gasteiger partial charge in [0.25, 0.3) is 0 Å². The molecule has 1 aliphatic heterocycles. The van der Waals surface area contributed by atoms with Crippen molar-refractivity contribution in [1.29, 1.82) is 0 Å². The molecule has 3 rings (SSSR count). The standard InChI is InChI=1S/C16H19Cl2FN2O2/c1-15(10-16(15,17)18)14(22)20-9-11-2-3-13(12(19)8-11)21-4-6-23-7-5-21/h2-3,8H,4-7,9-10H2,1H3,(H,20,22)/t15-/m1/s1. The zero-order valence-corrected chi connectivity index (χ0v) is 14.4. The van der Waals surface area contributed by atoms with Gasteiger partial charge in [-0.3, -0.25) is 4.79 Å². The topological polar surface area (TPSA) is 41.6 Å². The highest BCUT2D eigenvalue weighted by Gasteiger charge is 2.67. The summed E-state index contributed by atoms with van der Waals surface area (Å²) in [6.45, 7) is 4.55. The zero-order chi connectivity index (χ0) is 16.7. The number of nitrogens with one attached hydrogen (secondary N) is 1. The Bertz CT molecular complexity index is 620. The van der Waals surface area contributed by atoms with Gasteiger partial charge < -0.3 is 15.0 Å². The van der Waals surface area contributed by atoms with Crippen LogP contribution in [0.2, 0.25) is 0 Å². The molecule has 1 saturated heterocycles. The number of carbonyl (C=O) groups is 1. The highest BCUT2D eigenvalue weighted by Crippen LogP contribution is 2.63. The van der Waals surface area contributed by atoms with E-state index >= 15 is 0 Å². The van der Waals surface area contributed by atoms with E-state index in [4.69, 9.17) is 27.9 Å². The lowest BCUT2D eigenvalue weighted by atomic mass is 10.1. The lowest BCUT2D eigenvalue weighted by Gasteiger charge is -2.29. The maximum Gasteiger partial charge on any atom is 0.229 e. The average Bonchev–Trinajstić information content (AvgIpc) is 3.05. The fourth-order valence-electron chi connectivity index (χ4n) is 2.74. The number of benzene rings is 1. The monoisotopic (exact) mass is 360 g/mol. The van der Waals surface area contributed by atoms with Crippen LogP contribution in [0, 0.1) is 11.2 Å². The fourth-order valence-corrected chi connectivity index (χ4v) is 3.45. The Morgan fingerprint density at radius 1 is 1.39 bits per heavy atom. The van der Waals surface area contributed by atoms with Gasteiger partial charge in [0.05, 0.1) is 24.3 Å². The van der Waals surface area contributed by atoms with E-state index in [0.717, 1.165) is 0 Å². The number of amides is 1. The maximum atomic E-state index is 14.3. The van der Waals surface area contributed by atoms with Crippen LogP contribution in [0.25, 0.3) is 0 Å². The quantitative estimate of drug-likeness (QED) is 0.839. The van der Waals surface area contributed by atoms with Gasteiger partial charge in [-0.05, 0) is 31.0 Å². The maximum absolute atomic E-state index is 14.3. The molecule has 4 nitrogen and oxygen atoms in total. The van der Waals surface area contributed by atoms with Crippen LogP contribution in [0.4, 0.5) is 10.1 Å². The molecule has 1 atom stereocenters. The predicted molar refractivity (Wildman–Crippen MR) is 88.4 cm³/mol. The van der Waals surface area contributed by atoms with Crippen molar-refractivity contribution in [3.05, 3.63) is 29.6 Å². The summed E-state index contributed by atoms with van der Waals surface area (Å²) in [5.41, 5.74) is 0.507. The Hall–Kier alpha value is -1.04. The molecule has 0 unspecified atom stereocenters. The number of carbonyl (C=O) groups excluding carboxylic acids is 1. The number of rotatable bonds is 4. The Balaban J connectivity index is 1.61. The van der Waals surface area contributed by atoms with E-state index in [1.165, 1.54) is 6.07 Å². The molecule has 1 aromatic carbocycles. The third-order valence-corrected chi connectivity index (χ3v) is 5.68. The number of halogens is 3. The van der Waals surface area contributed by atoms with Gasteiger partial charge in [-0.15, -0.1) is 23.2 Å². The minimum absolute atomic E-state index is 0.208. The minimum atomic E-state index is -0.997. The molecule has 0 bridgehead atoms. The summed E-state index contributed by atoms with van der Waals surface area (Å²) in [6, 6.07) is 5.02. The summed E-state index contributed by atoms with van der Waals surface area (Å²) in [5, 5.41) is 2.78. The van der Waals surface area contributed by atoms with E-state index in [9.17, 15) is 9.18 Å². The molecule has 23 heavy (non-hydrogen) atoms. The molecule has 7 heteroatoms. The first-order valence-electron chi connectivity index (χ1n) is 7.61. The van der Waals surface area contributed by atoms with Gasteiger partial charge >= 0.3 is 0 Å². The van der Waals surface area contributed by atoms with Crippen LogP contribution in [0.5, 0.6) is 0 Å². The first-order valence-corrected chi connectivity index (χ1v) is 8.36. The number of ether oxygens (including phenoxy) is 1. The van der Waals surface area contributed by atoms with E-state index < -0.39 is 9.75 Å². The number of anilines is 1. The summed E-state index contributed by atoms with van der Waals surface area (Å²) < 4.78 is 18.6. The van der Waals surface area contributed by atoms with Crippen LogP contribution in [0.3, 0.4) is 0 Å². The molecule has 2 aliphatic rings. The van der Waals surface area contributed by atoms with Gasteiger partial charge in [-0.2, -0.15) is 0 Å². The highest BCUT2D eigenvalue weighted by atomic mass is 35.5. The van der Waals surface area contributed by atoms with Crippen LogP contribution in [0.1, 0.15) is 18.9 Å². The second-order valence-corrected chi connectivity index (χ2v) is 7.77. The first kappa shape index (κ1) is 16.8. The van der Waals surface area contributed by atoms with Gasteiger partial charge in [0.1, 0.15) is 10.2 Å². The van der Waals surface area contributed by atoms with E-state index in [1.54, 1.807) is 13.0 Å². The summed E-state index contributed by atoms with van der Waals surface area (Å²) in [7, 11) is 0. The lowest BCUT2D eigenvalue weighted by molar-refractivity contribution is -0.125. The molecule has 0 aromatic heterocycles. The van der Waals surface area contributed by atoms with Crippen molar-refractivity contribution in [2.24, 2.45) is 5.41 Å². The Kier molecular flexibility index (Phi) is 4.47. The number of hydrogen-bond donors (Lipinski definition) is 1. The Morgan fingerprint density at radius 2 is 2.04 bits per heavy atom. The summed E-state index contributed by atoms with van der Waals surface area (Å²) in [6.07, 6.45) is 0.430. The van der Waals surface area contributed by atoms with E-state index in [1.807, 2.05) is 11.0 Å². The van der Waals surface area contributed by atoms with Crippen molar-refractivity contribution in [3.8, 4) is 0 Å². The second kappa shape index (κ2) is 6.11. The molecule has 0 radical (unpaired) electrons. The number of hydrogen-bond acceptors (Lipinski definition) is 3. The third-order valence-electron chi connectivity index (χ3n) is 4.58. The van der Waals surface area contributed by atoms with Gasteiger partial charge in [-0.25, -0.2) is 4.39 Å². The summed E-state index contributed by atoms with van der Waals surface area (Å²) in [4.78, 5) is 14.1. The molecule has 1 heterocycles. The number of nitrogens with zero attached hydrogens (tertiary/aromatic N) is 1. The fraction of sp³-hybridized carbons (Fsp3) is 0.562. The Morgan fingerprint density at radius 3 is 2.61 bits per heavy atom. The molecule has 1 amide bonds. The van der Waals surface area contributed by atoms with E-state index in [2.05, 4.69) is 5.32 Å². The van der Waals surface area contributed by atoms with Crippen molar-refractivity contribution in [2.45, 2.75) is 24.2 Å². The molecule has 1 aromatic rings. The van der Waals surface area contributed by atoms with Crippen molar-refractivity contribution < 1.29 is 13.9 Å². The Labute approximate surface area is 144 Å². The molecule has 1 aliphatic carbocycles. The van der Waals surface area contributed by atoms with Gasteiger partial charge in [-0.1, -0.05) is 6.07 Å². The predicted octanol–water partition coefficient (Wildman–Crippen LogP) is 2.86. The SMILES string of the molecule is C[C@]1(C(=O)NCc2ccc(N3CCOCC3)c(F)c2)CC1(Cl)Cl. The van der Waals surface area contributed by atoms with Crippen LogP contribution in [-0.4, -0.2) is 36.5 Å².